The second-order valence-electron chi connectivity index (χ2n) is 28.6. The van der Waals surface area contributed by atoms with Gasteiger partial charge >= 0.3 is 39.5 Å². The monoisotopic (exact) mass is 1420 g/mol. The van der Waals surface area contributed by atoms with Crippen LogP contribution in [-0.4, -0.2) is 96.7 Å². The van der Waals surface area contributed by atoms with Crippen molar-refractivity contribution in [3.63, 3.8) is 0 Å². The zero-order chi connectivity index (χ0) is 71.2. The molecule has 0 aliphatic heterocycles. The predicted molar refractivity (Wildman–Crippen MR) is 395 cm³/mol. The van der Waals surface area contributed by atoms with E-state index in [-0.39, 0.29) is 25.7 Å². The van der Waals surface area contributed by atoms with Gasteiger partial charge in [0.25, 0.3) is 0 Å². The third kappa shape index (κ3) is 72.2. The minimum Gasteiger partial charge on any atom is -0.462 e. The Morgan fingerprint density at radius 1 is 0.278 bits per heavy atom. The number of esters is 4. The highest BCUT2D eigenvalue weighted by atomic mass is 31.2. The molecule has 0 radical (unpaired) electrons. The van der Waals surface area contributed by atoms with E-state index in [1.54, 1.807) is 0 Å². The van der Waals surface area contributed by atoms with Crippen LogP contribution in [0.2, 0.25) is 0 Å². The molecule has 0 bridgehead atoms. The lowest BCUT2D eigenvalue weighted by molar-refractivity contribution is -0.161. The van der Waals surface area contributed by atoms with Gasteiger partial charge in [-0.25, -0.2) is 9.13 Å². The van der Waals surface area contributed by atoms with Crippen LogP contribution in [0, 0.1) is 5.92 Å². The molecule has 97 heavy (non-hydrogen) atoms. The van der Waals surface area contributed by atoms with Crippen molar-refractivity contribution >= 4 is 39.5 Å². The summed E-state index contributed by atoms with van der Waals surface area (Å²) < 4.78 is 68.6. The molecule has 0 heterocycles. The molecule has 0 spiro atoms. The summed E-state index contributed by atoms with van der Waals surface area (Å²) in [6, 6.07) is 0. The van der Waals surface area contributed by atoms with Gasteiger partial charge in [-0.2, -0.15) is 0 Å². The first-order valence-electron chi connectivity index (χ1n) is 40.6. The van der Waals surface area contributed by atoms with Gasteiger partial charge in [-0.3, -0.25) is 37.3 Å². The number of rotatable bonds is 78. The average Bonchev–Trinajstić information content (AvgIpc) is 1.22. The molecule has 0 aromatic rings. The average molecular weight is 1420 g/mol. The summed E-state index contributed by atoms with van der Waals surface area (Å²) in [4.78, 5) is 72.9. The van der Waals surface area contributed by atoms with Gasteiger partial charge in [-0.15, -0.1) is 0 Å². The topological polar surface area (TPSA) is 237 Å². The number of aliphatic hydroxyl groups excluding tert-OH is 1. The summed E-state index contributed by atoms with van der Waals surface area (Å²) >= 11 is 0. The lowest BCUT2D eigenvalue weighted by Crippen LogP contribution is -2.30. The van der Waals surface area contributed by atoms with Crippen LogP contribution in [0.5, 0.6) is 0 Å². The number of aliphatic hydroxyl groups is 1. The van der Waals surface area contributed by atoms with E-state index in [9.17, 15) is 43.2 Å². The number of hydrogen-bond donors (Lipinski definition) is 3. The molecule has 3 N–H and O–H groups in total. The minimum atomic E-state index is -4.96. The van der Waals surface area contributed by atoms with Crippen molar-refractivity contribution in [3.8, 4) is 0 Å². The van der Waals surface area contributed by atoms with Crippen LogP contribution < -0.4 is 0 Å². The van der Waals surface area contributed by atoms with Crippen LogP contribution >= 0.6 is 15.6 Å². The zero-order valence-corrected chi connectivity index (χ0v) is 65.0. The number of phosphoric ester groups is 2. The van der Waals surface area contributed by atoms with Crippen molar-refractivity contribution in [2.75, 3.05) is 39.6 Å². The second kappa shape index (κ2) is 71.1. The molecule has 0 rings (SSSR count). The number of carbonyl (C=O) groups is 4. The van der Waals surface area contributed by atoms with E-state index in [0.717, 1.165) is 96.3 Å². The Morgan fingerprint density at radius 2 is 0.474 bits per heavy atom. The second-order valence-corrected chi connectivity index (χ2v) is 31.5. The quantitative estimate of drug-likeness (QED) is 0.0222. The first-order valence-corrected chi connectivity index (χ1v) is 43.6. The zero-order valence-electron chi connectivity index (χ0n) is 63.2. The van der Waals surface area contributed by atoms with Crippen molar-refractivity contribution < 1.29 is 80.2 Å². The van der Waals surface area contributed by atoms with Crippen molar-refractivity contribution in [3.05, 3.63) is 0 Å². The molecule has 0 aliphatic rings. The summed E-state index contributed by atoms with van der Waals surface area (Å²) in [5.41, 5.74) is 0. The van der Waals surface area contributed by atoms with Gasteiger partial charge in [0.15, 0.2) is 12.2 Å². The van der Waals surface area contributed by atoms with Crippen molar-refractivity contribution in [2.24, 2.45) is 5.92 Å². The Hall–Kier alpha value is -1.94. The molecule has 576 valence electrons. The molecule has 2 unspecified atom stereocenters. The fourth-order valence-corrected chi connectivity index (χ4v) is 13.6. The van der Waals surface area contributed by atoms with E-state index in [0.29, 0.717) is 31.6 Å². The van der Waals surface area contributed by atoms with Gasteiger partial charge in [-0.05, 0) is 31.6 Å². The maximum atomic E-state index is 13.1. The smallest absolute Gasteiger partial charge is 0.462 e. The Kier molecular flexibility index (Phi) is 69.6. The SMILES string of the molecule is CCCCCCCCCCCCCCCCCCCCC(=O)O[C@H](COC(=O)CCCCCCCCCCCCCCCCCCC)COP(=O)(O)OC[C@@H](O)COP(=O)(O)OC[C@@H](COC(=O)CCCCCCCCC(C)C)OC(=O)CCCCCCCCCCCCCCC. The fraction of sp³-hybridized carbons (Fsp3) is 0.949. The molecule has 17 nitrogen and oxygen atoms in total. The van der Waals surface area contributed by atoms with Crippen LogP contribution in [0.4, 0.5) is 0 Å². The highest BCUT2D eigenvalue weighted by molar-refractivity contribution is 7.47. The van der Waals surface area contributed by atoms with Crippen LogP contribution in [0.1, 0.15) is 413 Å². The number of hydrogen-bond acceptors (Lipinski definition) is 15. The van der Waals surface area contributed by atoms with Crippen LogP contribution in [0.15, 0.2) is 0 Å². The van der Waals surface area contributed by atoms with Crippen LogP contribution in [0.25, 0.3) is 0 Å². The van der Waals surface area contributed by atoms with E-state index >= 15 is 0 Å². The lowest BCUT2D eigenvalue weighted by atomic mass is 10.0. The third-order valence-electron chi connectivity index (χ3n) is 18.3. The lowest BCUT2D eigenvalue weighted by Gasteiger charge is -2.21. The van der Waals surface area contributed by atoms with Crippen LogP contribution in [0.3, 0.4) is 0 Å². The Morgan fingerprint density at radius 3 is 0.701 bits per heavy atom. The molecule has 0 saturated heterocycles. The van der Waals surface area contributed by atoms with Gasteiger partial charge in [0.05, 0.1) is 26.4 Å². The van der Waals surface area contributed by atoms with Crippen LogP contribution in [-0.2, 0) is 65.4 Å². The van der Waals surface area contributed by atoms with E-state index in [1.807, 2.05) is 0 Å². The molecular weight excluding hydrogens is 1270 g/mol. The molecule has 0 saturated carbocycles. The third-order valence-corrected chi connectivity index (χ3v) is 20.2. The molecule has 0 aromatic heterocycles. The number of carbonyl (C=O) groups excluding carboxylic acids is 4. The summed E-state index contributed by atoms with van der Waals surface area (Å²) in [5, 5.41) is 10.6. The summed E-state index contributed by atoms with van der Waals surface area (Å²) in [6.45, 7) is 7.23. The molecule has 0 fully saturated rings. The molecule has 19 heteroatoms. The normalized spacial score (nSPS) is 13.9. The molecule has 5 atom stereocenters. The standard InChI is InChI=1S/C78H152O17P2/c1-6-9-12-15-18-21-24-27-29-31-33-35-38-41-44-47-54-59-64-77(82)94-73(67-88-75(80)61-56-51-45-42-39-37-34-32-30-28-25-22-19-16-13-10-7-2)69-92-96(84,85)90-65-72(79)66-91-97(86,87)93-70-74(68-89-76(81)62-57-52-49-48-50-55-60-71(4)5)95-78(83)63-58-53-46-43-40-36-26-23-20-17-14-11-8-3/h71-74,79H,6-70H2,1-5H3,(H,84,85)(H,86,87)/t72-,73-,74-/m1/s1. The van der Waals surface area contributed by atoms with E-state index in [1.165, 1.54) is 231 Å². The Labute approximate surface area is 594 Å². The largest absolute Gasteiger partial charge is 0.472 e. The first-order chi connectivity index (χ1) is 47.0. The Bertz CT molecular complexity index is 1860. The highest BCUT2D eigenvalue weighted by Crippen LogP contribution is 2.45. The molecule has 0 aliphatic carbocycles. The van der Waals surface area contributed by atoms with Crippen molar-refractivity contribution in [1.82, 2.24) is 0 Å². The van der Waals surface area contributed by atoms with Gasteiger partial charge in [0.2, 0.25) is 0 Å². The highest BCUT2D eigenvalue weighted by Gasteiger charge is 2.30. The van der Waals surface area contributed by atoms with Gasteiger partial charge in [0.1, 0.15) is 19.3 Å². The predicted octanol–water partition coefficient (Wildman–Crippen LogP) is 23.3. The fourth-order valence-electron chi connectivity index (χ4n) is 12.1. The maximum absolute atomic E-state index is 13.1. The summed E-state index contributed by atoms with van der Waals surface area (Å²) in [5.74, 6) is -1.43. The molecule has 0 aromatic carbocycles. The van der Waals surface area contributed by atoms with Gasteiger partial charge in [-0.1, -0.05) is 362 Å². The number of ether oxygens (including phenoxy) is 4. The van der Waals surface area contributed by atoms with Crippen molar-refractivity contribution in [1.29, 1.82) is 0 Å². The van der Waals surface area contributed by atoms with Gasteiger partial charge < -0.3 is 33.8 Å². The van der Waals surface area contributed by atoms with E-state index in [2.05, 4.69) is 34.6 Å². The van der Waals surface area contributed by atoms with Crippen molar-refractivity contribution in [2.45, 2.75) is 432 Å². The summed E-state index contributed by atoms with van der Waals surface area (Å²) in [7, 11) is -9.91. The van der Waals surface area contributed by atoms with E-state index in [4.69, 9.17) is 37.0 Å². The molecular formula is C78H152O17P2. The number of unbranched alkanes of at least 4 members (excludes halogenated alkanes) is 50. The van der Waals surface area contributed by atoms with Gasteiger partial charge in [0, 0.05) is 25.7 Å². The Balaban J connectivity index is 5.22. The van der Waals surface area contributed by atoms with E-state index < -0.39 is 97.5 Å². The maximum Gasteiger partial charge on any atom is 0.472 e. The minimum absolute atomic E-state index is 0.107. The molecule has 0 amide bonds. The first kappa shape index (κ1) is 95.1. The number of phosphoric acid groups is 2. The summed E-state index contributed by atoms with van der Waals surface area (Å²) in [6.07, 6.45) is 61.2.